The van der Waals surface area contributed by atoms with Gasteiger partial charge in [-0.25, -0.2) is 0 Å². The minimum Gasteiger partial charge on any atom is -0.382 e. The zero-order valence-electron chi connectivity index (χ0n) is 9.75. The van der Waals surface area contributed by atoms with Gasteiger partial charge >= 0.3 is 0 Å². The van der Waals surface area contributed by atoms with Crippen LogP contribution in [-0.4, -0.2) is 26.5 Å². The van der Waals surface area contributed by atoms with Crippen LogP contribution in [0, 0.1) is 0 Å². The van der Waals surface area contributed by atoms with Gasteiger partial charge in [0.1, 0.15) is 5.00 Å². The molecule has 0 amide bonds. The van der Waals surface area contributed by atoms with Crippen molar-refractivity contribution >= 4 is 34.1 Å². The number of hydrogen-bond donors (Lipinski definition) is 2. The number of aromatic nitrogens is 3. The third kappa shape index (κ3) is 2.92. The highest BCUT2D eigenvalue weighted by Crippen LogP contribution is 2.34. The lowest BCUT2D eigenvalue weighted by molar-refractivity contribution is 0.561. The zero-order chi connectivity index (χ0) is 12.3. The van der Waals surface area contributed by atoms with Crippen molar-refractivity contribution in [3.05, 3.63) is 18.5 Å². The predicted molar refractivity (Wildman–Crippen MR) is 73.6 cm³/mol. The summed E-state index contributed by atoms with van der Waals surface area (Å²) in [5.41, 5.74) is 5.78. The van der Waals surface area contributed by atoms with Crippen LogP contribution in [0.5, 0.6) is 0 Å². The summed E-state index contributed by atoms with van der Waals surface area (Å²) >= 11 is 3.02. The highest BCUT2D eigenvalue weighted by Gasteiger charge is 2.12. The molecule has 3 N–H and O–H groups in total. The number of nitrogens with one attached hydrogen (secondary N) is 1. The quantitative estimate of drug-likeness (QED) is 0.814. The van der Waals surface area contributed by atoms with Crippen LogP contribution in [0.15, 0.2) is 23.4 Å². The maximum atomic E-state index is 5.78. The van der Waals surface area contributed by atoms with E-state index in [1.165, 1.54) is 11.5 Å². The molecule has 5 nitrogen and oxygen atoms in total. The molecule has 0 aliphatic carbocycles. The van der Waals surface area contributed by atoms with E-state index in [1.807, 2.05) is 23.2 Å². The van der Waals surface area contributed by atoms with Crippen molar-refractivity contribution in [2.45, 2.75) is 24.4 Å². The average molecular weight is 269 g/mol. The number of thioether (sulfide) groups is 1. The molecule has 1 unspecified atom stereocenters. The van der Waals surface area contributed by atoms with Gasteiger partial charge in [-0.05, 0) is 30.8 Å². The molecule has 92 valence electrons. The van der Waals surface area contributed by atoms with Gasteiger partial charge in [-0.1, -0.05) is 0 Å². The molecule has 1 atom stereocenters. The molecule has 2 heterocycles. The summed E-state index contributed by atoms with van der Waals surface area (Å²) in [7, 11) is 0. The van der Waals surface area contributed by atoms with E-state index in [2.05, 4.69) is 21.7 Å². The monoisotopic (exact) mass is 269 g/mol. The van der Waals surface area contributed by atoms with Crippen LogP contribution in [0.1, 0.15) is 6.92 Å². The summed E-state index contributed by atoms with van der Waals surface area (Å²) < 4.78 is 6.05. The van der Waals surface area contributed by atoms with Gasteiger partial charge in [0.15, 0.2) is 5.82 Å². The third-order valence-electron chi connectivity index (χ3n) is 2.28. The maximum Gasteiger partial charge on any atom is 0.153 e. The van der Waals surface area contributed by atoms with Crippen molar-refractivity contribution in [1.29, 1.82) is 0 Å². The van der Waals surface area contributed by atoms with Crippen LogP contribution < -0.4 is 11.1 Å². The van der Waals surface area contributed by atoms with E-state index in [0.29, 0.717) is 5.82 Å². The molecular weight excluding hydrogens is 254 g/mol. The summed E-state index contributed by atoms with van der Waals surface area (Å²) in [4.78, 5) is 1.03. The topological polar surface area (TPSA) is 68.8 Å². The average Bonchev–Trinajstić information content (AvgIpc) is 2.89. The zero-order valence-corrected chi connectivity index (χ0v) is 11.4. The molecule has 7 heteroatoms. The Morgan fingerprint density at radius 1 is 1.65 bits per heavy atom. The molecule has 0 radical (unpaired) electrons. The first-order chi connectivity index (χ1) is 8.20. The molecule has 0 saturated carbocycles. The molecule has 0 spiro atoms. The van der Waals surface area contributed by atoms with Crippen LogP contribution in [0.2, 0.25) is 0 Å². The first kappa shape index (κ1) is 12.3. The minimum absolute atomic E-state index is 0.278. The number of nitrogens with zero attached hydrogens (tertiary/aromatic N) is 3. The summed E-state index contributed by atoms with van der Waals surface area (Å²) in [6, 6.07) is 2.20. The second-order valence-corrected chi connectivity index (χ2v) is 5.29. The highest BCUT2D eigenvalue weighted by molar-refractivity contribution is 7.99. The number of hydrogen-bond acceptors (Lipinski definition) is 6. The van der Waals surface area contributed by atoms with Crippen LogP contribution in [0.3, 0.4) is 0 Å². The Morgan fingerprint density at radius 2 is 2.47 bits per heavy atom. The maximum absolute atomic E-state index is 5.78. The molecule has 0 fully saturated rings. The third-order valence-corrected chi connectivity index (χ3v) is 4.02. The normalized spacial score (nSPS) is 12.6. The van der Waals surface area contributed by atoms with Gasteiger partial charge in [-0.2, -0.15) is 9.47 Å². The smallest absolute Gasteiger partial charge is 0.153 e. The first-order valence-electron chi connectivity index (χ1n) is 5.23. The van der Waals surface area contributed by atoms with Crippen molar-refractivity contribution in [1.82, 2.24) is 14.2 Å². The van der Waals surface area contributed by atoms with Gasteiger partial charge in [0.05, 0.1) is 11.4 Å². The lowest BCUT2D eigenvalue weighted by Crippen LogP contribution is -2.21. The van der Waals surface area contributed by atoms with Crippen LogP contribution in [-0.2, 0) is 6.54 Å². The molecule has 0 aliphatic heterocycles. The minimum atomic E-state index is 0.278. The Balaban J connectivity index is 2.00. The van der Waals surface area contributed by atoms with Gasteiger partial charge in [0, 0.05) is 18.4 Å². The van der Waals surface area contributed by atoms with Crippen molar-refractivity contribution in [3.63, 3.8) is 0 Å². The summed E-state index contributed by atoms with van der Waals surface area (Å²) in [6.07, 6.45) is 5.74. The molecule has 0 aliphatic rings. The van der Waals surface area contributed by atoms with Gasteiger partial charge in [-0.3, -0.25) is 4.68 Å². The Morgan fingerprint density at radius 3 is 3.12 bits per heavy atom. The van der Waals surface area contributed by atoms with Crippen molar-refractivity contribution in [3.8, 4) is 0 Å². The van der Waals surface area contributed by atoms with Crippen molar-refractivity contribution in [2.24, 2.45) is 0 Å². The predicted octanol–water partition coefficient (Wildman–Crippen LogP) is 2.14. The van der Waals surface area contributed by atoms with Crippen molar-refractivity contribution in [2.75, 3.05) is 17.3 Å². The fraction of sp³-hybridized carbons (Fsp3) is 0.400. The van der Waals surface area contributed by atoms with E-state index in [-0.39, 0.29) is 6.04 Å². The Labute approximate surface area is 109 Å². The standard InChI is InChI=1S/C10H15N5S2/c1-7(6-15-5-3-4-12-15)13-10-8(16-2)9(11)14-17-10/h3-5,7,13H,6H2,1-2H3,(H2,11,14). The molecule has 0 aromatic carbocycles. The summed E-state index contributed by atoms with van der Waals surface area (Å²) in [5.74, 6) is 0.608. The molecule has 2 aromatic rings. The van der Waals surface area contributed by atoms with E-state index in [9.17, 15) is 0 Å². The molecule has 0 bridgehead atoms. The van der Waals surface area contributed by atoms with E-state index < -0.39 is 0 Å². The van der Waals surface area contributed by atoms with Gasteiger partial charge in [0.25, 0.3) is 0 Å². The fourth-order valence-electron chi connectivity index (χ4n) is 1.54. The van der Waals surface area contributed by atoms with E-state index in [1.54, 1.807) is 18.0 Å². The van der Waals surface area contributed by atoms with Gasteiger partial charge in [0.2, 0.25) is 0 Å². The second-order valence-electron chi connectivity index (χ2n) is 3.70. The number of nitrogens with two attached hydrogens (primary N) is 1. The first-order valence-corrected chi connectivity index (χ1v) is 7.23. The summed E-state index contributed by atoms with van der Waals surface area (Å²) in [5, 5.41) is 8.63. The lowest BCUT2D eigenvalue weighted by atomic mass is 10.3. The lowest BCUT2D eigenvalue weighted by Gasteiger charge is -2.14. The van der Waals surface area contributed by atoms with Crippen LogP contribution in [0.25, 0.3) is 0 Å². The molecular formula is C10H15N5S2. The summed E-state index contributed by atoms with van der Waals surface area (Å²) in [6.45, 7) is 2.93. The highest BCUT2D eigenvalue weighted by atomic mass is 32.2. The van der Waals surface area contributed by atoms with E-state index in [0.717, 1.165) is 16.4 Å². The van der Waals surface area contributed by atoms with Gasteiger partial charge in [-0.15, -0.1) is 11.8 Å². The molecule has 2 rings (SSSR count). The number of rotatable bonds is 5. The van der Waals surface area contributed by atoms with Crippen LogP contribution >= 0.6 is 23.3 Å². The van der Waals surface area contributed by atoms with Crippen molar-refractivity contribution < 1.29 is 0 Å². The Bertz CT molecular complexity index is 465. The molecule has 17 heavy (non-hydrogen) atoms. The number of nitrogen functional groups attached to an aromatic ring is 1. The van der Waals surface area contributed by atoms with E-state index in [4.69, 9.17) is 5.73 Å². The number of anilines is 2. The molecule has 2 aromatic heterocycles. The van der Waals surface area contributed by atoms with Gasteiger partial charge < -0.3 is 11.1 Å². The Kier molecular flexibility index (Phi) is 3.90. The van der Waals surface area contributed by atoms with Crippen LogP contribution in [0.4, 0.5) is 10.8 Å². The Hall–Kier alpha value is -1.21. The SMILES string of the molecule is CSc1c(N)nsc1NC(C)Cn1cccn1. The van der Waals surface area contributed by atoms with E-state index >= 15 is 0 Å². The second kappa shape index (κ2) is 5.42. The fourth-order valence-corrected chi connectivity index (χ4v) is 3.18. The largest absolute Gasteiger partial charge is 0.382 e. The molecule has 0 saturated heterocycles.